The Morgan fingerprint density at radius 2 is 1.97 bits per heavy atom. The number of aliphatic hydroxyl groups excluding tert-OH is 1. The first-order valence-corrected chi connectivity index (χ1v) is 9.80. The Kier molecular flexibility index (Phi) is 5.46. The molecule has 0 aliphatic carbocycles. The zero-order valence-corrected chi connectivity index (χ0v) is 16.3. The number of carbonyl (C=O) groups is 1. The Labute approximate surface area is 170 Å². The van der Waals surface area contributed by atoms with Crippen molar-refractivity contribution in [2.45, 2.75) is 19.4 Å². The van der Waals surface area contributed by atoms with Crippen LogP contribution in [0.5, 0.6) is 0 Å². The number of aromatic nitrogens is 2. The third kappa shape index (κ3) is 4.23. The highest BCUT2D eigenvalue weighted by Gasteiger charge is 2.28. The van der Waals surface area contributed by atoms with Crippen LogP contribution in [0.3, 0.4) is 0 Å². The number of amides is 1. The van der Waals surface area contributed by atoms with Crippen molar-refractivity contribution in [3.8, 4) is 17.5 Å². The van der Waals surface area contributed by atoms with E-state index in [1.54, 1.807) is 10.9 Å². The molecule has 29 heavy (non-hydrogen) atoms. The summed E-state index contributed by atoms with van der Waals surface area (Å²) in [4.78, 5) is 14.9. The van der Waals surface area contributed by atoms with Gasteiger partial charge in [-0.15, -0.1) is 0 Å². The molecule has 1 fully saturated rings. The molecule has 2 heterocycles. The van der Waals surface area contributed by atoms with Crippen molar-refractivity contribution in [2.75, 3.05) is 13.1 Å². The zero-order chi connectivity index (χ0) is 20.2. The predicted molar refractivity (Wildman–Crippen MR) is 112 cm³/mol. The summed E-state index contributed by atoms with van der Waals surface area (Å²) in [5.41, 5.74) is 3.09. The van der Waals surface area contributed by atoms with Crippen LogP contribution in [-0.4, -0.2) is 44.9 Å². The summed E-state index contributed by atoms with van der Waals surface area (Å²) >= 11 is 0. The Hall–Kier alpha value is -3.36. The normalized spacial score (nSPS) is 18.8. The van der Waals surface area contributed by atoms with Crippen molar-refractivity contribution in [1.82, 2.24) is 14.7 Å². The van der Waals surface area contributed by atoms with Gasteiger partial charge in [-0.05, 0) is 48.7 Å². The van der Waals surface area contributed by atoms with Crippen molar-refractivity contribution in [3.05, 3.63) is 83.7 Å². The standard InChI is InChI=1S/C24H23N3O2/c1-18-17-26(15-12-23(18)28)24(29)21-10-11-22(27-14-5-13-25-27)20(16-21)9-8-19-6-3-2-4-7-19/h2-7,10-11,13-14,16,18,23,28H,12,15,17H2,1H3. The molecule has 5 heteroatoms. The second kappa shape index (κ2) is 8.34. The van der Waals surface area contributed by atoms with Crippen LogP contribution in [0, 0.1) is 17.8 Å². The number of likely N-dealkylation sites (tertiary alicyclic amines) is 1. The van der Waals surface area contributed by atoms with Gasteiger partial charge < -0.3 is 10.0 Å². The summed E-state index contributed by atoms with van der Waals surface area (Å²) in [7, 11) is 0. The maximum Gasteiger partial charge on any atom is 0.253 e. The minimum atomic E-state index is -0.339. The SMILES string of the molecule is CC1CN(C(=O)c2ccc(-n3cccn3)c(C#Cc3ccccc3)c2)CCC1O. The maximum absolute atomic E-state index is 13.0. The molecule has 1 N–H and O–H groups in total. The fourth-order valence-electron chi connectivity index (χ4n) is 3.54. The highest BCUT2D eigenvalue weighted by molar-refractivity contribution is 5.95. The van der Waals surface area contributed by atoms with E-state index in [9.17, 15) is 9.90 Å². The summed E-state index contributed by atoms with van der Waals surface area (Å²) in [5.74, 6) is 6.43. The number of hydrogen-bond donors (Lipinski definition) is 1. The molecule has 2 atom stereocenters. The summed E-state index contributed by atoms with van der Waals surface area (Å²) < 4.78 is 1.75. The van der Waals surface area contributed by atoms with Gasteiger partial charge in [0.2, 0.25) is 0 Å². The Bertz CT molecular complexity index is 1050. The second-order valence-corrected chi connectivity index (χ2v) is 7.38. The van der Waals surface area contributed by atoms with Gasteiger partial charge in [0.25, 0.3) is 5.91 Å². The van der Waals surface area contributed by atoms with E-state index in [-0.39, 0.29) is 17.9 Å². The van der Waals surface area contributed by atoms with E-state index in [0.29, 0.717) is 25.1 Å². The minimum absolute atomic E-state index is 0.0291. The van der Waals surface area contributed by atoms with E-state index in [4.69, 9.17) is 0 Å². The first-order chi connectivity index (χ1) is 14.1. The monoisotopic (exact) mass is 385 g/mol. The van der Waals surface area contributed by atoms with Gasteiger partial charge in [-0.1, -0.05) is 37.0 Å². The van der Waals surface area contributed by atoms with E-state index < -0.39 is 0 Å². The number of piperidine rings is 1. The number of carbonyl (C=O) groups excluding carboxylic acids is 1. The van der Waals surface area contributed by atoms with Gasteiger partial charge in [0.05, 0.1) is 17.4 Å². The molecule has 0 bridgehead atoms. The zero-order valence-electron chi connectivity index (χ0n) is 16.3. The van der Waals surface area contributed by atoms with Crippen molar-refractivity contribution >= 4 is 5.91 Å². The molecular weight excluding hydrogens is 362 g/mol. The van der Waals surface area contributed by atoms with Gasteiger partial charge in [-0.3, -0.25) is 4.79 Å². The average molecular weight is 385 g/mol. The summed E-state index contributed by atoms with van der Waals surface area (Å²) in [6.45, 7) is 3.10. The summed E-state index contributed by atoms with van der Waals surface area (Å²) in [5, 5.41) is 14.3. The fraction of sp³-hybridized carbons (Fsp3) is 0.250. The Morgan fingerprint density at radius 1 is 1.14 bits per heavy atom. The van der Waals surface area contributed by atoms with Crippen LogP contribution in [0.15, 0.2) is 67.0 Å². The lowest BCUT2D eigenvalue weighted by Gasteiger charge is -2.34. The topological polar surface area (TPSA) is 58.4 Å². The van der Waals surface area contributed by atoms with Crippen LogP contribution in [0.4, 0.5) is 0 Å². The van der Waals surface area contributed by atoms with Gasteiger partial charge in [-0.2, -0.15) is 5.10 Å². The molecule has 2 aromatic carbocycles. The number of aliphatic hydroxyl groups is 1. The molecule has 1 saturated heterocycles. The van der Waals surface area contributed by atoms with Crippen molar-refractivity contribution in [2.24, 2.45) is 5.92 Å². The molecule has 0 radical (unpaired) electrons. The first kappa shape index (κ1) is 19.0. The molecule has 1 aliphatic rings. The quantitative estimate of drug-likeness (QED) is 0.690. The largest absolute Gasteiger partial charge is 0.393 e. The third-order valence-electron chi connectivity index (χ3n) is 5.26. The number of hydrogen-bond acceptors (Lipinski definition) is 3. The highest BCUT2D eigenvalue weighted by atomic mass is 16.3. The van der Waals surface area contributed by atoms with E-state index >= 15 is 0 Å². The van der Waals surface area contributed by atoms with Gasteiger partial charge in [0.15, 0.2) is 0 Å². The lowest BCUT2D eigenvalue weighted by molar-refractivity contribution is 0.0297. The smallest absolute Gasteiger partial charge is 0.253 e. The van der Waals surface area contributed by atoms with E-state index in [0.717, 1.165) is 16.8 Å². The first-order valence-electron chi connectivity index (χ1n) is 9.80. The fourth-order valence-corrected chi connectivity index (χ4v) is 3.54. The van der Waals surface area contributed by atoms with Crippen molar-refractivity contribution in [3.63, 3.8) is 0 Å². The number of benzene rings is 2. The molecule has 0 saturated carbocycles. The molecular formula is C24H23N3O2. The average Bonchev–Trinajstić information content (AvgIpc) is 3.29. The molecule has 3 aromatic rings. The van der Waals surface area contributed by atoms with Crippen molar-refractivity contribution < 1.29 is 9.90 Å². The van der Waals surface area contributed by atoms with E-state index in [1.165, 1.54) is 0 Å². The molecule has 1 aliphatic heterocycles. The van der Waals surface area contributed by atoms with Gasteiger partial charge in [-0.25, -0.2) is 4.68 Å². The van der Waals surface area contributed by atoms with E-state index in [1.807, 2.05) is 72.6 Å². The number of nitrogens with zero attached hydrogens (tertiary/aromatic N) is 3. The highest BCUT2D eigenvalue weighted by Crippen LogP contribution is 2.21. The van der Waals surface area contributed by atoms with Gasteiger partial charge >= 0.3 is 0 Å². The molecule has 5 nitrogen and oxygen atoms in total. The third-order valence-corrected chi connectivity index (χ3v) is 5.26. The van der Waals surface area contributed by atoms with Crippen LogP contribution in [-0.2, 0) is 0 Å². The van der Waals surface area contributed by atoms with E-state index in [2.05, 4.69) is 16.9 Å². The molecule has 2 unspecified atom stereocenters. The molecule has 1 aromatic heterocycles. The summed E-state index contributed by atoms with van der Waals surface area (Å²) in [6.07, 6.45) is 3.85. The van der Waals surface area contributed by atoms with Crippen molar-refractivity contribution in [1.29, 1.82) is 0 Å². The summed E-state index contributed by atoms with van der Waals surface area (Å²) in [6, 6.07) is 17.2. The minimum Gasteiger partial charge on any atom is -0.393 e. The molecule has 1 amide bonds. The Morgan fingerprint density at radius 3 is 2.69 bits per heavy atom. The van der Waals surface area contributed by atoms with Crippen LogP contribution in [0.2, 0.25) is 0 Å². The Balaban J connectivity index is 1.68. The molecule has 146 valence electrons. The van der Waals surface area contributed by atoms with Crippen LogP contribution >= 0.6 is 0 Å². The second-order valence-electron chi connectivity index (χ2n) is 7.38. The lowest BCUT2D eigenvalue weighted by Crippen LogP contribution is -2.45. The molecule has 0 spiro atoms. The maximum atomic E-state index is 13.0. The number of rotatable bonds is 2. The molecule has 4 rings (SSSR count). The van der Waals surface area contributed by atoms with Crippen LogP contribution in [0.1, 0.15) is 34.8 Å². The van der Waals surface area contributed by atoms with Crippen LogP contribution in [0.25, 0.3) is 5.69 Å². The van der Waals surface area contributed by atoms with Crippen LogP contribution < -0.4 is 0 Å². The van der Waals surface area contributed by atoms with Gasteiger partial charge in [0, 0.05) is 36.6 Å². The lowest BCUT2D eigenvalue weighted by atomic mass is 9.96. The predicted octanol–water partition coefficient (Wildman–Crippen LogP) is 3.12. The van der Waals surface area contributed by atoms with Gasteiger partial charge in [0.1, 0.15) is 0 Å².